The van der Waals surface area contributed by atoms with Gasteiger partial charge in [0.05, 0.1) is 22.2 Å². The van der Waals surface area contributed by atoms with Crippen molar-refractivity contribution in [1.29, 1.82) is 0 Å². The molecule has 3 aromatic carbocycles. The molecule has 0 unspecified atom stereocenters. The number of piperidine rings is 1. The van der Waals surface area contributed by atoms with Crippen molar-refractivity contribution in [3.63, 3.8) is 0 Å². The van der Waals surface area contributed by atoms with E-state index in [-0.39, 0.29) is 17.9 Å². The number of aromatic amines is 1. The Hall–Kier alpha value is -3.28. The number of likely N-dealkylation sites (tertiary alicyclic amines) is 1. The number of aromatic hydroxyl groups is 1. The highest BCUT2D eigenvalue weighted by Crippen LogP contribution is 2.69. The maximum absolute atomic E-state index is 13.0. The first-order valence-electron chi connectivity index (χ1n) is 14.3. The largest absolute Gasteiger partial charge is 0.504 e. The van der Waals surface area contributed by atoms with Crippen molar-refractivity contribution in [2.75, 3.05) is 13.1 Å². The molecule has 1 aromatic heterocycles. The van der Waals surface area contributed by atoms with Crippen molar-refractivity contribution in [3.8, 4) is 22.6 Å². The summed E-state index contributed by atoms with van der Waals surface area (Å²) in [6.45, 7) is 2.06. The number of H-pyrrole nitrogens is 1. The Morgan fingerprint density at radius 2 is 1.89 bits per heavy atom. The fourth-order valence-corrected chi connectivity index (χ4v) is 9.31. The molecule has 0 amide bonds. The lowest BCUT2D eigenvalue weighted by Crippen LogP contribution is -2.74. The Morgan fingerprint density at radius 3 is 2.79 bits per heavy atom. The number of phenols is 1. The van der Waals surface area contributed by atoms with Gasteiger partial charge >= 0.3 is 0 Å². The molecular formula is C33H30N2O3. The fourth-order valence-electron chi connectivity index (χ4n) is 9.31. The Bertz CT molecular complexity index is 1730. The van der Waals surface area contributed by atoms with Crippen molar-refractivity contribution in [2.45, 2.75) is 61.7 Å². The lowest BCUT2D eigenvalue weighted by molar-refractivity contribution is -0.173. The van der Waals surface area contributed by atoms with Crippen LogP contribution in [0.4, 0.5) is 0 Å². The zero-order valence-electron chi connectivity index (χ0n) is 21.3. The molecule has 6 aliphatic rings. The predicted octanol–water partition coefficient (Wildman–Crippen LogP) is 5.14. The van der Waals surface area contributed by atoms with Crippen LogP contribution in [-0.4, -0.2) is 44.8 Å². The molecule has 10 rings (SSSR count). The second-order valence-corrected chi connectivity index (χ2v) is 12.8. The summed E-state index contributed by atoms with van der Waals surface area (Å²) in [4.78, 5) is 6.48. The molecule has 0 radical (unpaired) electrons. The minimum Gasteiger partial charge on any atom is -0.504 e. The molecule has 5 nitrogen and oxygen atoms in total. The van der Waals surface area contributed by atoms with Crippen molar-refractivity contribution < 1.29 is 14.9 Å². The lowest BCUT2D eigenvalue weighted by atomic mass is 9.49. The van der Waals surface area contributed by atoms with Gasteiger partial charge in [-0.05, 0) is 77.6 Å². The van der Waals surface area contributed by atoms with Crippen LogP contribution in [0.15, 0.2) is 48.5 Å². The monoisotopic (exact) mass is 502 g/mol. The van der Waals surface area contributed by atoms with Gasteiger partial charge < -0.3 is 19.9 Å². The van der Waals surface area contributed by atoms with Gasteiger partial charge in [0.25, 0.3) is 0 Å². The quantitative estimate of drug-likeness (QED) is 0.313. The lowest BCUT2D eigenvalue weighted by Gasteiger charge is -2.62. The van der Waals surface area contributed by atoms with Gasteiger partial charge in [0, 0.05) is 36.4 Å². The van der Waals surface area contributed by atoms with Crippen molar-refractivity contribution in [2.24, 2.45) is 5.92 Å². The maximum atomic E-state index is 13.0. The van der Waals surface area contributed by atoms with E-state index in [9.17, 15) is 10.2 Å². The molecule has 3 heterocycles. The van der Waals surface area contributed by atoms with E-state index in [0.29, 0.717) is 12.2 Å². The van der Waals surface area contributed by atoms with Crippen LogP contribution in [0.5, 0.6) is 11.5 Å². The van der Waals surface area contributed by atoms with Crippen LogP contribution in [0.2, 0.25) is 0 Å². The van der Waals surface area contributed by atoms with Gasteiger partial charge in [-0.15, -0.1) is 0 Å². The van der Waals surface area contributed by atoms with Gasteiger partial charge in [0.2, 0.25) is 0 Å². The molecule has 38 heavy (non-hydrogen) atoms. The first-order valence-corrected chi connectivity index (χ1v) is 14.3. The number of fused-ring (bicyclic) bond motifs is 8. The Balaban J connectivity index is 1.23. The molecule has 3 N–H and O–H groups in total. The number of aliphatic hydroxyl groups is 1. The number of nitrogens with one attached hydrogen (secondary N) is 1. The van der Waals surface area contributed by atoms with E-state index in [2.05, 4.69) is 52.3 Å². The molecule has 2 fully saturated rings. The minimum atomic E-state index is -0.944. The van der Waals surface area contributed by atoms with Gasteiger partial charge in [-0.3, -0.25) is 4.90 Å². The number of hydrogen-bond acceptors (Lipinski definition) is 4. The van der Waals surface area contributed by atoms with Crippen LogP contribution in [0.3, 0.4) is 0 Å². The summed E-state index contributed by atoms with van der Waals surface area (Å²) in [7, 11) is 0. The first-order chi connectivity index (χ1) is 18.6. The Kier molecular flexibility index (Phi) is 3.51. The molecule has 1 saturated carbocycles. The Labute approximate surface area is 221 Å². The summed E-state index contributed by atoms with van der Waals surface area (Å²) in [6.07, 6.45) is 5.50. The number of benzene rings is 3. The van der Waals surface area contributed by atoms with Crippen LogP contribution >= 0.6 is 0 Å². The number of nitrogens with zero attached hydrogens (tertiary/aromatic N) is 1. The smallest absolute Gasteiger partial charge is 0.166 e. The van der Waals surface area contributed by atoms with Gasteiger partial charge in [-0.2, -0.15) is 0 Å². The third-order valence-corrected chi connectivity index (χ3v) is 11.1. The molecule has 4 aliphatic carbocycles. The highest BCUT2D eigenvalue weighted by atomic mass is 16.5. The van der Waals surface area contributed by atoms with E-state index >= 15 is 0 Å². The topological polar surface area (TPSA) is 68.7 Å². The van der Waals surface area contributed by atoms with Crippen LogP contribution in [0.25, 0.3) is 22.0 Å². The van der Waals surface area contributed by atoms with Crippen LogP contribution in [-0.2, 0) is 24.7 Å². The summed E-state index contributed by atoms with van der Waals surface area (Å²) in [5.74, 6) is 1.57. The molecule has 1 spiro atoms. The van der Waals surface area contributed by atoms with E-state index < -0.39 is 11.0 Å². The van der Waals surface area contributed by atoms with Crippen LogP contribution in [0.1, 0.15) is 58.9 Å². The normalized spacial score (nSPS) is 31.5. The summed E-state index contributed by atoms with van der Waals surface area (Å²) in [6, 6.07) is 17.2. The van der Waals surface area contributed by atoms with Gasteiger partial charge in [0.1, 0.15) is 0 Å². The predicted molar refractivity (Wildman–Crippen MR) is 145 cm³/mol. The molecule has 4 aromatic rings. The zero-order chi connectivity index (χ0) is 25.0. The van der Waals surface area contributed by atoms with Gasteiger partial charge in [0.15, 0.2) is 17.6 Å². The average molecular weight is 503 g/mol. The van der Waals surface area contributed by atoms with Crippen LogP contribution < -0.4 is 4.74 Å². The molecule has 1 saturated heterocycles. The number of hydrogen-bond donors (Lipinski definition) is 3. The standard InChI is InChI=1S/C33H30N2O3/c36-25-10-7-19-14-26-33(37)15-24-22-9-8-21-20-4-2-1-3-18(20)13-23(21)28(22)34-29(24)31-32(33,27(19)30(25)38-31)11-12-35(26)16-17-5-6-17/h1-4,7-10,17,26,31,34,36-37H,5-6,11-16H2/t26-,31+,32+,33-/m1/s1. The van der Waals surface area contributed by atoms with E-state index in [1.54, 1.807) is 6.07 Å². The van der Waals surface area contributed by atoms with E-state index in [1.807, 2.05) is 0 Å². The van der Waals surface area contributed by atoms with Crippen LogP contribution in [0, 0.1) is 5.92 Å². The third kappa shape index (κ3) is 2.19. The average Bonchev–Trinajstić information content (AvgIpc) is 3.38. The van der Waals surface area contributed by atoms with E-state index in [0.717, 1.165) is 49.5 Å². The first kappa shape index (κ1) is 20.7. The minimum absolute atomic E-state index is 0.0581. The molecule has 190 valence electrons. The van der Waals surface area contributed by atoms with Crippen molar-refractivity contribution in [3.05, 3.63) is 82.0 Å². The summed E-state index contributed by atoms with van der Waals surface area (Å²) in [5.41, 5.74) is 9.70. The molecule has 2 aliphatic heterocycles. The van der Waals surface area contributed by atoms with Gasteiger partial charge in [-0.1, -0.05) is 42.5 Å². The van der Waals surface area contributed by atoms with Crippen molar-refractivity contribution in [1.82, 2.24) is 9.88 Å². The second kappa shape index (κ2) is 6.47. The van der Waals surface area contributed by atoms with E-state index in [1.165, 1.54) is 57.1 Å². The highest BCUT2D eigenvalue weighted by molar-refractivity contribution is 5.96. The highest BCUT2D eigenvalue weighted by Gasteiger charge is 2.72. The molecular weight excluding hydrogens is 472 g/mol. The second-order valence-electron chi connectivity index (χ2n) is 12.8. The fraction of sp³-hybridized carbons (Fsp3) is 0.394. The SMILES string of the molecule is Oc1ccc2c3c1O[C@H]1c4[nH]c5c6c(ccc5c4C[C@@]4(O)[C@@H](C2)N(CC2CC2)CC[C@]314)-c1ccccc1C6. The molecule has 4 atom stereocenters. The van der Waals surface area contributed by atoms with Gasteiger partial charge in [-0.25, -0.2) is 0 Å². The number of rotatable bonds is 2. The van der Waals surface area contributed by atoms with E-state index in [4.69, 9.17) is 4.74 Å². The molecule has 2 bridgehead atoms. The number of aromatic nitrogens is 1. The van der Waals surface area contributed by atoms with Crippen molar-refractivity contribution >= 4 is 10.9 Å². The summed E-state index contributed by atoms with van der Waals surface area (Å²) < 4.78 is 6.78. The summed E-state index contributed by atoms with van der Waals surface area (Å²) >= 11 is 0. The zero-order valence-corrected chi connectivity index (χ0v) is 21.3. The summed E-state index contributed by atoms with van der Waals surface area (Å²) in [5, 5.41) is 25.2. The third-order valence-electron chi connectivity index (χ3n) is 11.1. The number of ether oxygens (including phenoxy) is 1. The Morgan fingerprint density at radius 1 is 1.00 bits per heavy atom. The maximum Gasteiger partial charge on any atom is 0.166 e. The number of phenolic OH excluding ortho intramolecular Hbond substituents is 1. The molecule has 5 heteroatoms.